The number of thiophene rings is 1. The van der Waals surface area contributed by atoms with Crippen molar-refractivity contribution in [1.82, 2.24) is 5.32 Å². The molecule has 3 aliphatic rings. The predicted octanol–water partition coefficient (Wildman–Crippen LogP) is 4.85. The van der Waals surface area contributed by atoms with Gasteiger partial charge in [-0.1, -0.05) is 12.1 Å². The van der Waals surface area contributed by atoms with E-state index in [1.54, 1.807) is 25.6 Å². The number of allylic oxidation sites excluding steroid dienone is 3. The molecule has 3 atom stereocenters. The van der Waals surface area contributed by atoms with Gasteiger partial charge in [-0.2, -0.15) is 0 Å². The summed E-state index contributed by atoms with van der Waals surface area (Å²) < 4.78 is 22.3. The summed E-state index contributed by atoms with van der Waals surface area (Å²) in [6.45, 7) is 2.77. The molecule has 2 aliphatic heterocycles. The quantitative estimate of drug-likeness (QED) is 0.534. The maximum absolute atomic E-state index is 13.7. The molecular formula is C28H31NO6S. The highest BCUT2D eigenvalue weighted by atomic mass is 32.1. The maximum atomic E-state index is 13.7. The molecule has 1 aromatic carbocycles. The fourth-order valence-electron chi connectivity index (χ4n) is 5.42. The highest BCUT2D eigenvalue weighted by molar-refractivity contribution is 7.10. The Hall–Kier alpha value is -3.10. The van der Waals surface area contributed by atoms with Crippen LogP contribution in [0.25, 0.3) is 0 Å². The number of carbonyl (C=O) groups is 2. The van der Waals surface area contributed by atoms with Crippen molar-refractivity contribution < 1.29 is 28.5 Å². The van der Waals surface area contributed by atoms with Crippen LogP contribution >= 0.6 is 11.3 Å². The highest BCUT2D eigenvalue weighted by Gasteiger charge is 2.42. The minimum Gasteiger partial charge on any atom is -0.493 e. The van der Waals surface area contributed by atoms with Gasteiger partial charge in [-0.15, -0.1) is 11.3 Å². The van der Waals surface area contributed by atoms with E-state index in [4.69, 9.17) is 18.9 Å². The smallest absolute Gasteiger partial charge is 0.336 e. The van der Waals surface area contributed by atoms with E-state index in [0.29, 0.717) is 47.8 Å². The van der Waals surface area contributed by atoms with Gasteiger partial charge in [-0.05, 0) is 55.3 Å². The Kier molecular flexibility index (Phi) is 7.16. The van der Waals surface area contributed by atoms with Gasteiger partial charge in [0.05, 0.1) is 25.9 Å². The summed E-state index contributed by atoms with van der Waals surface area (Å²) in [5.74, 6) is 0.291. The van der Waals surface area contributed by atoms with Gasteiger partial charge in [-0.25, -0.2) is 4.79 Å². The van der Waals surface area contributed by atoms with E-state index in [1.807, 2.05) is 36.6 Å². The van der Waals surface area contributed by atoms with Gasteiger partial charge < -0.3 is 24.3 Å². The number of nitrogens with one attached hydrogen (secondary N) is 1. The zero-order valence-electron chi connectivity index (χ0n) is 20.8. The summed E-state index contributed by atoms with van der Waals surface area (Å²) in [5, 5.41) is 5.44. The number of rotatable bonds is 7. The minimum absolute atomic E-state index is 0.0406. The fraction of sp³-hybridized carbons (Fsp3) is 0.429. The number of dihydropyridines is 1. The van der Waals surface area contributed by atoms with Crippen LogP contribution in [-0.4, -0.2) is 45.3 Å². The van der Waals surface area contributed by atoms with Gasteiger partial charge >= 0.3 is 5.97 Å². The molecule has 0 spiro atoms. The summed E-state index contributed by atoms with van der Waals surface area (Å²) >= 11 is 1.67. The first-order valence-corrected chi connectivity index (χ1v) is 13.2. The number of esters is 1. The summed E-state index contributed by atoms with van der Waals surface area (Å²) in [6.07, 6.45) is 2.88. The van der Waals surface area contributed by atoms with Gasteiger partial charge in [0.25, 0.3) is 0 Å². The Labute approximate surface area is 215 Å². The normalized spacial score (nSPS) is 23.9. The second-order valence-corrected chi connectivity index (χ2v) is 10.4. The SMILES string of the molecule is COc1ccc([C@@H]2C(C(=O)OC[C@H]3CCCO3)=C(C)NC3=C2C(=O)C[C@H](c2cccs2)C3)cc1OC. The van der Waals surface area contributed by atoms with Crippen LogP contribution in [0.3, 0.4) is 0 Å². The average molecular weight is 510 g/mol. The molecule has 1 fully saturated rings. The molecule has 36 heavy (non-hydrogen) atoms. The van der Waals surface area contributed by atoms with Gasteiger partial charge in [0.2, 0.25) is 0 Å². The average Bonchev–Trinajstić information content (AvgIpc) is 3.60. The Morgan fingerprint density at radius 1 is 1.17 bits per heavy atom. The molecule has 0 unspecified atom stereocenters. The largest absolute Gasteiger partial charge is 0.493 e. The van der Waals surface area contributed by atoms with Crippen molar-refractivity contribution in [1.29, 1.82) is 0 Å². The number of ketones is 1. The predicted molar refractivity (Wildman–Crippen MR) is 136 cm³/mol. The number of ether oxygens (including phenoxy) is 4. The standard InChI is InChI=1S/C28H31NO6S/c1-16-25(28(31)35-15-19-6-4-10-34-19)26(17-8-9-22(32-2)23(14-17)33-3)27-20(29-16)12-18(13-21(27)30)24-7-5-11-36-24/h5,7-9,11,14,18-19,26,29H,4,6,10,12-13,15H2,1-3H3/t18-,19-,26-/m1/s1. The second kappa shape index (κ2) is 10.5. The van der Waals surface area contributed by atoms with Gasteiger partial charge in [0.1, 0.15) is 6.61 Å². The molecule has 0 bridgehead atoms. The molecule has 0 radical (unpaired) electrons. The molecule has 8 heteroatoms. The molecule has 190 valence electrons. The van der Waals surface area contributed by atoms with E-state index in [-0.39, 0.29) is 24.4 Å². The van der Waals surface area contributed by atoms with Crippen LogP contribution in [0.2, 0.25) is 0 Å². The number of Topliss-reactive ketones (excluding diaryl/α,β-unsaturated/α-hetero) is 1. The molecule has 3 heterocycles. The summed E-state index contributed by atoms with van der Waals surface area (Å²) in [5.41, 5.74) is 3.43. The first kappa shape index (κ1) is 24.6. The van der Waals surface area contributed by atoms with Gasteiger partial charge in [0, 0.05) is 46.7 Å². The zero-order chi connectivity index (χ0) is 25.2. The molecule has 0 amide bonds. The zero-order valence-corrected chi connectivity index (χ0v) is 21.6. The highest BCUT2D eigenvalue weighted by Crippen LogP contribution is 2.47. The van der Waals surface area contributed by atoms with Crippen LogP contribution in [0.4, 0.5) is 0 Å². The van der Waals surface area contributed by atoms with Crippen molar-refractivity contribution in [2.24, 2.45) is 0 Å². The van der Waals surface area contributed by atoms with E-state index in [0.717, 1.165) is 24.1 Å². The van der Waals surface area contributed by atoms with Crippen molar-refractivity contribution in [2.45, 2.75) is 50.5 Å². The maximum Gasteiger partial charge on any atom is 0.336 e. The first-order valence-electron chi connectivity index (χ1n) is 12.3. The van der Waals surface area contributed by atoms with Crippen LogP contribution in [0.5, 0.6) is 11.5 Å². The van der Waals surface area contributed by atoms with Crippen LogP contribution in [0.1, 0.15) is 54.9 Å². The number of benzene rings is 1. The molecule has 2 aromatic rings. The molecule has 1 N–H and O–H groups in total. The summed E-state index contributed by atoms with van der Waals surface area (Å²) in [7, 11) is 3.15. The van der Waals surface area contributed by atoms with Crippen molar-refractivity contribution in [3.05, 3.63) is 68.7 Å². The third kappa shape index (κ3) is 4.67. The van der Waals surface area contributed by atoms with E-state index in [9.17, 15) is 9.59 Å². The molecular weight excluding hydrogens is 478 g/mol. The van der Waals surface area contributed by atoms with Gasteiger partial charge in [-0.3, -0.25) is 4.79 Å². The minimum atomic E-state index is -0.560. The summed E-state index contributed by atoms with van der Waals surface area (Å²) in [6, 6.07) is 9.64. The van der Waals surface area contributed by atoms with Crippen LogP contribution in [-0.2, 0) is 19.1 Å². The molecule has 1 aromatic heterocycles. The number of methoxy groups -OCH3 is 2. The lowest BCUT2D eigenvalue weighted by molar-refractivity contribution is -0.142. The van der Waals surface area contributed by atoms with Crippen LogP contribution < -0.4 is 14.8 Å². The van der Waals surface area contributed by atoms with Gasteiger partial charge in [0.15, 0.2) is 17.3 Å². The lowest BCUT2D eigenvalue weighted by atomic mass is 9.72. The summed E-state index contributed by atoms with van der Waals surface area (Å²) in [4.78, 5) is 28.4. The number of hydrogen-bond donors (Lipinski definition) is 1. The van der Waals surface area contributed by atoms with Crippen molar-refractivity contribution in [2.75, 3.05) is 27.4 Å². The third-order valence-electron chi connectivity index (χ3n) is 7.16. The molecule has 1 saturated heterocycles. The molecule has 7 nitrogen and oxygen atoms in total. The van der Waals surface area contributed by atoms with E-state index in [1.165, 1.54) is 4.88 Å². The topological polar surface area (TPSA) is 83.1 Å². The second-order valence-electron chi connectivity index (χ2n) is 9.38. The lowest BCUT2D eigenvalue weighted by Gasteiger charge is -2.36. The van der Waals surface area contributed by atoms with E-state index < -0.39 is 11.9 Å². The van der Waals surface area contributed by atoms with Crippen molar-refractivity contribution in [3.8, 4) is 11.5 Å². The molecule has 1 aliphatic carbocycles. The van der Waals surface area contributed by atoms with E-state index in [2.05, 4.69) is 11.4 Å². The van der Waals surface area contributed by atoms with E-state index >= 15 is 0 Å². The Balaban J connectivity index is 1.54. The van der Waals surface area contributed by atoms with Crippen LogP contribution in [0, 0.1) is 0 Å². The number of hydrogen-bond acceptors (Lipinski definition) is 8. The Morgan fingerprint density at radius 3 is 2.69 bits per heavy atom. The Bertz CT molecular complexity index is 1210. The monoisotopic (exact) mass is 509 g/mol. The molecule has 0 saturated carbocycles. The van der Waals surface area contributed by atoms with Crippen molar-refractivity contribution in [3.63, 3.8) is 0 Å². The Morgan fingerprint density at radius 2 is 2.00 bits per heavy atom. The number of carbonyl (C=O) groups excluding carboxylic acids is 2. The third-order valence-corrected chi connectivity index (χ3v) is 8.19. The lowest BCUT2D eigenvalue weighted by Crippen LogP contribution is -2.36. The van der Waals surface area contributed by atoms with Crippen molar-refractivity contribution >= 4 is 23.1 Å². The molecule has 5 rings (SSSR count). The first-order chi connectivity index (χ1) is 17.5. The van der Waals surface area contributed by atoms with Crippen LogP contribution in [0.15, 0.2) is 58.3 Å². The fourth-order valence-corrected chi connectivity index (χ4v) is 6.25.